The molecule has 0 heterocycles. The monoisotopic (exact) mass is 387 g/mol. The van der Waals surface area contributed by atoms with Gasteiger partial charge in [-0.3, -0.25) is 4.79 Å². The van der Waals surface area contributed by atoms with Crippen LogP contribution in [0.4, 0.5) is 32.0 Å². The lowest BCUT2D eigenvalue weighted by Crippen LogP contribution is -2.21. The molecule has 1 aliphatic rings. The summed E-state index contributed by atoms with van der Waals surface area (Å²) in [6.45, 7) is 0. The van der Waals surface area contributed by atoms with Gasteiger partial charge >= 0.3 is 12.4 Å². The van der Waals surface area contributed by atoms with Crippen LogP contribution in [0.15, 0.2) is 36.4 Å². The fourth-order valence-corrected chi connectivity index (χ4v) is 3.24. The number of amides is 1. The summed E-state index contributed by atoms with van der Waals surface area (Å²) in [5.74, 6) is -1.22. The van der Waals surface area contributed by atoms with Crippen LogP contribution in [0, 0.1) is 0 Å². The Bertz CT molecular complexity index is 869. The second-order valence-corrected chi connectivity index (χ2v) is 6.36. The quantitative estimate of drug-likeness (QED) is 0.643. The largest absolute Gasteiger partial charge is 0.417 e. The van der Waals surface area contributed by atoms with Gasteiger partial charge in [-0.1, -0.05) is 12.1 Å². The summed E-state index contributed by atoms with van der Waals surface area (Å²) in [4.78, 5) is 12.5. The minimum absolute atomic E-state index is 0.244. The van der Waals surface area contributed by atoms with Crippen LogP contribution in [-0.4, -0.2) is 5.91 Å². The number of nitrogens with one attached hydrogen (secondary N) is 1. The Morgan fingerprint density at radius 1 is 0.889 bits per heavy atom. The number of fused-ring (bicyclic) bond motifs is 1. The van der Waals surface area contributed by atoms with Gasteiger partial charge in [-0.25, -0.2) is 0 Å². The number of rotatable bonds is 2. The van der Waals surface area contributed by atoms with Crippen LogP contribution in [0.5, 0.6) is 0 Å². The molecular weight excluding hydrogens is 372 g/mol. The molecule has 0 bridgehead atoms. The van der Waals surface area contributed by atoms with Crippen molar-refractivity contribution in [2.45, 2.75) is 38.0 Å². The molecule has 0 radical (unpaired) electrons. The molecule has 1 amide bonds. The molecule has 0 spiro atoms. The maximum Gasteiger partial charge on any atom is 0.417 e. The molecule has 0 saturated carbocycles. The van der Waals surface area contributed by atoms with Crippen LogP contribution >= 0.6 is 0 Å². The second kappa shape index (κ2) is 6.90. The van der Waals surface area contributed by atoms with E-state index in [0.717, 1.165) is 30.4 Å². The van der Waals surface area contributed by atoms with Crippen LogP contribution in [0.1, 0.15) is 45.5 Å². The molecule has 1 aliphatic carbocycles. The highest BCUT2D eigenvalue weighted by Crippen LogP contribution is 2.37. The fraction of sp³-hybridized carbons (Fsp3) is 0.316. The first-order valence-electron chi connectivity index (χ1n) is 8.28. The molecule has 1 N–H and O–H groups in total. The SMILES string of the molecule is O=C(Nc1cccc2c1CCCC2)c1cc(C(F)(F)F)ccc1C(F)(F)F. The van der Waals surface area contributed by atoms with E-state index in [1.165, 1.54) is 0 Å². The number of hydrogen-bond donors (Lipinski definition) is 1. The van der Waals surface area contributed by atoms with Gasteiger partial charge in [0.15, 0.2) is 0 Å². The molecule has 0 saturated heterocycles. The summed E-state index contributed by atoms with van der Waals surface area (Å²) in [5, 5.41) is 2.37. The highest BCUT2D eigenvalue weighted by Gasteiger charge is 2.38. The van der Waals surface area contributed by atoms with Gasteiger partial charge in [-0.2, -0.15) is 26.3 Å². The van der Waals surface area contributed by atoms with Crippen LogP contribution < -0.4 is 5.32 Å². The van der Waals surface area contributed by atoms with Gasteiger partial charge < -0.3 is 5.32 Å². The minimum Gasteiger partial charge on any atom is -0.322 e. The van der Waals surface area contributed by atoms with Crippen molar-refractivity contribution in [3.05, 3.63) is 64.2 Å². The van der Waals surface area contributed by atoms with Crippen molar-refractivity contribution >= 4 is 11.6 Å². The van der Waals surface area contributed by atoms with Gasteiger partial charge in [0, 0.05) is 5.69 Å². The molecule has 0 aromatic heterocycles. The summed E-state index contributed by atoms with van der Waals surface area (Å²) in [6, 6.07) is 5.94. The maximum absolute atomic E-state index is 13.2. The Hall–Kier alpha value is -2.51. The van der Waals surface area contributed by atoms with E-state index in [4.69, 9.17) is 0 Å². The van der Waals surface area contributed by atoms with Gasteiger partial charge in [0.05, 0.1) is 16.7 Å². The van der Waals surface area contributed by atoms with Crippen molar-refractivity contribution in [1.29, 1.82) is 0 Å². The summed E-state index contributed by atoms with van der Waals surface area (Å²) in [7, 11) is 0. The highest BCUT2D eigenvalue weighted by atomic mass is 19.4. The topological polar surface area (TPSA) is 29.1 Å². The van der Waals surface area contributed by atoms with E-state index in [1.54, 1.807) is 12.1 Å². The molecule has 0 aliphatic heterocycles. The molecule has 2 aromatic carbocycles. The summed E-state index contributed by atoms with van der Waals surface area (Å²) in [6.07, 6.45) is -6.53. The van der Waals surface area contributed by atoms with Crippen molar-refractivity contribution in [2.75, 3.05) is 5.32 Å². The zero-order valence-electron chi connectivity index (χ0n) is 14.0. The summed E-state index contributed by atoms with van der Waals surface area (Å²) in [5.41, 5.74) is -1.63. The van der Waals surface area contributed by atoms with Crippen LogP contribution in [0.3, 0.4) is 0 Å². The first-order chi connectivity index (χ1) is 12.6. The van der Waals surface area contributed by atoms with Crippen molar-refractivity contribution in [1.82, 2.24) is 0 Å². The van der Waals surface area contributed by atoms with E-state index < -0.39 is 35.0 Å². The molecule has 0 fully saturated rings. The van der Waals surface area contributed by atoms with Gasteiger partial charge in [0.1, 0.15) is 0 Å². The number of halogens is 6. The average molecular weight is 387 g/mol. The normalized spacial score (nSPS) is 14.6. The highest BCUT2D eigenvalue weighted by molar-refractivity contribution is 6.06. The van der Waals surface area contributed by atoms with Crippen LogP contribution in [-0.2, 0) is 25.2 Å². The standard InChI is InChI=1S/C19H15F6NO/c20-18(21,22)12-8-9-15(19(23,24)25)14(10-12)17(27)26-16-7-3-5-11-4-1-2-6-13(11)16/h3,5,7-10H,1-2,4,6H2,(H,26,27). The molecule has 2 nitrogen and oxygen atoms in total. The average Bonchev–Trinajstić information content (AvgIpc) is 2.60. The van der Waals surface area contributed by atoms with E-state index in [1.807, 2.05) is 6.07 Å². The van der Waals surface area contributed by atoms with Crippen LogP contribution in [0.2, 0.25) is 0 Å². The third kappa shape index (κ3) is 4.09. The predicted octanol–water partition coefficient (Wildman–Crippen LogP) is 5.86. The van der Waals surface area contributed by atoms with Crippen molar-refractivity contribution in [2.24, 2.45) is 0 Å². The number of alkyl halides is 6. The van der Waals surface area contributed by atoms with Crippen molar-refractivity contribution < 1.29 is 31.1 Å². The van der Waals surface area contributed by atoms with E-state index in [-0.39, 0.29) is 12.1 Å². The number of carbonyl (C=O) groups is 1. The first-order valence-corrected chi connectivity index (χ1v) is 8.28. The zero-order valence-corrected chi connectivity index (χ0v) is 14.0. The second-order valence-electron chi connectivity index (χ2n) is 6.36. The molecule has 0 unspecified atom stereocenters. The molecule has 8 heteroatoms. The van der Waals surface area contributed by atoms with Gasteiger partial charge in [-0.05, 0) is 61.1 Å². The number of carbonyl (C=O) groups excluding carboxylic acids is 1. The van der Waals surface area contributed by atoms with E-state index in [9.17, 15) is 31.1 Å². The molecule has 144 valence electrons. The molecule has 0 atom stereocenters. The number of anilines is 1. The molecule has 3 rings (SSSR count). The molecule has 27 heavy (non-hydrogen) atoms. The minimum atomic E-state index is -4.95. The lowest BCUT2D eigenvalue weighted by molar-refractivity contribution is -0.141. The summed E-state index contributed by atoms with van der Waals surface area (Å²) < 4.78 is 78.3. The number of aryl methyl sites for hydroxylation is 1. The Balaban J connectivity index is 2.01. The maximum atomic E-state index is 13.2. The fourth-order valence-electron chi connectivity index (χ4n) is 3.24. The van der Waals surface area contributed by atoms with Crippen LogP contribution in [0.25, 0.3) is 0 Å². The Morgan fingerprint density at radius 3 is 2.26 bits per heavy atom. The van der Waals surface area contributed by atoms with Gasteiger partial charge in [0.2, 0.25) is 0 Å². The smallest absolute Gasteiger partial charge is 0.322 e. The number of benzene rings is 2. The van der Waals surface area contributed by atoms with Crippen molar-refractivity contribution in [3.8, 4) is 0 Å². The third-order valence-corrected chi connectivity index (χ3v) is 4.54. The predicted molar refractivity (Wildman–Crippen MR) is 87.5 cm³/mol. The third-order valence-electron chi connectivity index (χ3n) is 4.54. The molecular formula is C19H15F6NO. The zero-order chi connectivity index (χ0) is 19.8. The summed E-state index contributed by atoms with van der Waals surface area (Å²) >= 11 is 0. The number of hydrogen-bond acceptors (Lipinski definition) is 1. The first kappa shape index (κ1) is 19.3. The lowest BCUT2D eigenvalue weighted by Gasteiger charge is -2.20. The Morgan fingerprint density at radius 2 is 1.59 bits per heavy atom. The van der Waals surface area contributed by atoms with E-state index in [2.05, 4.69) is 5.32 Å². The van der Waals surface area contributed by atoms with Gasteiger partial charge in [0.25, 0.3) is 5.91 Å². The Kier molecular flexibility index (Phi) is 4.92. The van der Waals surface area contributed by atoms with E-state index in [0.29, 0.717) is 18.2 Å². The van der Waals surface area contributed by atoms with Gasteiger partial charge in [-0.15, -0.1) is 0 Å². The van der Waals surface area contributed by atoms with Crippen molar-refractivity contribution in [3.63, 3.8) is 0 Å². The lowest BCUT2D eigenvalue weighted by atomic mass is 9.90. The Labute approximate surface area is 151 Å². The molecule has 2 aromatic rings. The van der Waals surface area contributed by atoms with E-state index >= 15 is 0 Å².